The summed E-state index contributed by atoms with van der Waals surface area (Å²) in [6.45, 7) is 5.32. The molecule has 1 fully saturated rings. The van der Waals surface area contributed by atoms with Crippen molar-refractivity contribution in [3.63, 3.8) is 0 Å². The Bertz CT molecular complexity index is 612. The zero-order valence-electron chi connectivity index (χ0n) is 15.1. The van der Waals surface area contributed by atoms with Crippen LogP contribution in [0.4, 0.5) is 0 Å². The van der Waals surface area contributed by atoms with E-state index in [9.17, 15) is 0 Å². The maximum absolute atomic E-state index is 5.21. The van der Waals surface area contributed by atoms with E-state index < -0.39 is 0 Å². The largest absolute Gasteiger partial charge is 0.385 e. The Morgan fingerprint density at radius 2 is 2.29 bits per heavy atom. The molecule has 1 aromatic heterocycles. The van der Waals surface area contributed by atoms with Gasteiger partial charge in [0.2, 0.25) is 0 Å². The molecule has 0 spiro atoms. The number of nitrogens with one attached hydrogen (secondary N) is 1. The van der Waals surface area contributed by atoms with E-state index in [-0.39, 0.29) is 0 Å². The maximum atomic E-state index is 5.21. The Kier molecular flexibility index (Phi) is 6.22. The summed E-state index contributed by atoms with van der Waals surface area (Å²) < 4.78 is 5.21. The highest BCUT2D eigenvalue weighted by molar-refractivity contribution is 5.76. The highest BCUT2D eigenvalue weighted by atomic mass is 16.5. The predicted octanol–water partition coefficient (Wildman–Crippen LogP) is 4.39. The third kappa shape index (κ3) is 4.14. The highest BCUT2D eigenvalue weighted by Crippen LogP contribution is 2.32. The standard InChI is InChI=1S/C21H30N2O/c1-16-13-21(23-15-20(16)18-8-5-11-22-14-18)19-10-4-3-7-17(19)9-6-12-24-2/h4,10,13,15,18,22H,3,5-9,11-12,14H2,1-2H3/t18-/m1/s1. The Labute approximate surface area is 146 Å². The molecule has 0 aromatic carbocycles. The lowest BCUT2D eigenvalue weighted by Crippen LogP contribution is -2.28. The van der Waals surface area contributed by atoms with Crippen molar-refractivity contribution in [2.75, 3.05) is 26.8 Å². The fourth-order valence-electron chi connectivity index (χ4n) is 3.93. The van der Waals surface area contributed by atoms with Gasteiger partial charge in [-0.3, -0.25) is 4.98 Å². The molecule has 3 heteroatoms. The van der Waals surface area contributed by atoms with Gasteiger partial charge in [-0.25, -0.2) is 0 Å². The molecule has 0 radical (unpaired) electrons. The quantitative estimate of drug-likeness (QED) is 0.787. The van der Waals surface area contributed by atoms with Crippen LogP contribution in [0.25, 0.3) is 5.57 Å². The summed E-state index contributed by atoms with van der Waals surface area (Å²) in [6, 6.07) is 2.30. The SMILES string of the molecule is COCCCC1=C(c2cc(C)c([C@@H]3CCCNC3)cn2)C=CCC1. The molecule has 1 atom stereocenters. The van der Waals surface area contributed by atoms with Crippen molar-refractivity contribution in [2.24, 2.45) is 0 Å². The first-order valence-corrected chi connectivity index (χ1v) is 9.34. The average Bonchev–Trinajstić information content (AvgIpc) is 2.63. The molecule has 1 aromatic rings. The normalized spacial score (nSPS) is 21.3. The van der Waals surface area contributed by atoms with Gasteiger partial charge < -0.3 is 10.1 Å². The van der Waals surface area contributed by atoms with Crippen LogP contribution >= 0.6 is 0 Å². The molecule has 0 amide bonds. The Hall–Kier alpha value is -1.45. The van der Waals surface area contributed by atoms with Gasteiger partial charge in [0, 0.05) is 26.5 Å². The van der Waals surface area contributed by atoms with Crippen molar-refractivity contribution < 1.29 is 4.74 Å². The lowest BCUT2D eigenvalue weighted by atomic mass is 9.88. The molecule has 1 aliphatic heterocycles. The molecule has 1 aliphatic carbocycles. The first kappa shape index (κ1) is 17.4. The molecule has 3 rings (SSSR count). The minimum atomic E-state index is 0.623. The highest BCUT2D eigenvalue weighted by Gasteiger charge is 2.19. The van der Waals surface area contributed by atoms with Gasteiger partial charge in [-0.15, -0.1) is 0 Å². The summed E-state index contributed by atoms with van der Waals surface area (Å²) >= 11 is 0. The van der Waals surface area contributed by atoms with Crippen LogP contribution < -0.4 is 5.32 Å². The van der Waals surface area contributed by atoms with Crippen LogP contribution in [0.5, 0.6) is 0 Å². The topological polar surface area (TPSA) is 34.1 Å². The summed E-state index contributed by atoms with van der Waals surface area (Å²) in [5.41, 5.74) is 6.83. The van der Waals surface area contributed by atoms with Crippen LogP contribution in [0.1, 0.15) is 61.3 Å². The van der Waals surface area contributed by atoms with Crippen molar-refractivity contribution in [1.29, 1.82) is 0 Å². The third-order valence-corrected chi connectivity index (χ3v) is 5.27. The maximum Gasteiger partial charge on any atom is 0.0704 e. The summed E-state index contributed by atoms with van der Waals surface area (Å²) in [4.78, 5) is 4.85. The Morgan fingerprint density at radius 1 is 1.38 bits per heavy atom. The van der Waals surface area contributed by atoms with E-state index >= 15 is 0 Å². The molecule has 130 valence electrons. The number of allylic oxidation sites excluding steroid dienone is 4. The fourth-order valence-corrected chi connectivity index (χ4v) is 3.93. The molecule has 0 saturated carbocycles. The van der Waals surface area contributed by atoms with Crippen LogP contribution in [-0.2, 0) is 4.74 Å². The molecular formula is C21H30N2O. The molecule has 0 bridgehead atoms. The van der Waals surface area contributed by atoms with E-state index in [0.29, 0.717) is 5.92 Å². The number of piperidine rings is 1. The average molecular weight is 326 g/mol. The number of methoxy groups -OCH3 is 1. The van der Waals surface area contributed by atoms with Gasteiger partial charge in [0.05, 0.1) is 5.69 Å². The Morgan fingerprint density at radius 3 is 3.04 bits per heavy atom. The third-order valence-electron chi connectivity index (χ3n) is 5.27. The van der Waals surface area contributed by atoms with E-state index in [1.165, 1.54) is 35.1 Å². The van der Waals surface area contributed by atoms with Crippen molar-refractivity contribution in [3.05, 3.63) is 46.8 Å². The van der Waals surface area contributed by atoms with E-state index in [1.54, 1.807) is 7.11 Å². The van der Waals surface area contributed by atoms with E-state index in [4.69, 9.17) is 9.72 Å². The predicted molar refractivity (Wildman–Crippen MR) is 100 cm³/mol. The molecule has 0 unspecified atom stereocenters. The summed E-state index contributed by atoms with van der Waals surface area (Å²) in [7, 11) is 1.78. The molecule has 2 aliphatic rings. The van der Waals surface area contributed by atoms with Crippen molar-refractivity contribution in [2.45, 2.75) is 51.4 Å². The minimum absolute atomic E-state index is 0.623. The summed E-state index contributed by atoms with van der Waals surface area (Å²) in [5.74, 6) is 0.623. The molecular weight excluding hydrogens is 296 g/mol. The number of pyridine rings is 1. The second-order valence-electron chi connectivity index (χ2n) is 7.02. The first-order chi connectivity index (χ1) is 11.8. The molecule has 1 saturated heterocycles. The van der Waals surface area contributed by atoms with Gasteiger partial charge in [-0.1, -0.05) is 17.7 Å². The second-order valence-corrected chi connectivity index (χ2v) is 7.02. The Balaban J connectivity index is 1.82. The number of hydrogen-bond acceptors (Lipinski definition) is 3. The van der Waals surface area contributed by atoms with Crippen LogP contribution in [0.2, 0.25) is 0 Å². The minimum Gasteiger partial charge on any atom is -0.385 e. The molecule has 2 heterocycles. The van der Waals surface area contributed by atoms with Gasteiger partial charge in [0.25, 0.3) is 0 Å². The number of nitrogens with zero attached hydrogens (tertiary/aromatic N) is 1. The number of aryl methyl sites for hydroxylation is 1. The van der Waals surface area contributed by atoms with E-state index in [1.807, 2.05) is 0 Å². The van der Waals surface area contributed by atoms with Gasteiger partial charge in [-0.05, 0) is 80.7 Å². The smallest absolute Gasteiger partial charge is 0.0704 e. The van der Waals surface area contributed by atoms with Crippen LogP contribution in [0.15, 0.2) is 30.0 Å². The second kappa shape index (κ2) is 8.59. The molecule has 24 heavy (non-hydrogen) atoms. The van der Waals surface area contributed by atoms with Gasteiger partial charge in [0.1, 0.15) is 0 Å². The van der Waals surface area contributed by atoms with E-state index in [0.717, 1.165) is 51.1 Å². The van der Waals surface area contributed by atoms with Crippen molar-refractivity contribution in [3.8, 4) is 0 Å². The van der Waals surface area contributed by atoms with Crippen molar-refractivity contribution >= 4 is 5.57 Å². The van der Waals surface area contributed by atoms with Gasteiger partial charge >= 0.3 is 0 Å². The molecule has 3 nitrogen and oxygen atoms in total. The fraction of sp³-hybridized carbons (Fsp3) is 0.571. The van der Waals surface area contributed by atoms with E-state index in [2.05, 4.69) is 36.7 Å². The zero-order chi connectivity index (χ0) is 16.8. The number of aromatic nitrogens is 1. The first-order valence-electron chi connectivity index (χ1n) is 9.34. The van der Waals surface area contributed by atoms with Gasteiger partial charge in [0.15, 0.2) is 0 Å². The lowest BCUT2D eigenvalue weighted by Gasteiger charge is -2.25. The van der Waals surface area contributed by atoms with Crippen molar-refractivity contribution in [1.82, 2.24) is 10.3 Å². The van der Waals surface area contributed by atoms with Crippen LogP contribution in [0.3, 0.4) is 0 Å². The summed E-state index contributed by atoms with van der Waals surface area (Å²) in [6.07, 6.45) is 13.7. The summed E-state index contributed by atoms with van der Waals surface area (Å²) in [5, 5.41) is 3.51. The van der Waals surface area contributed by atoms with Crippen LogP contribution in [0, 0.1) is 6.92 Å². The number of ether oxygens (including phenoxy) is 1. The number of rotatable bonds is 6. The monoisotopic (exact) mass is 326 g/mol. The number of hydrogen-bond donors (Lipinski definition) is 1. The lowest BCUT2D eigenvalue weighted by molar-refractivity contribution is 0.195. The zero-order valence-corrected chi connectivity index (χ0v) is 15.1. The van der Waals surface area contributed by atoms with Crippen LogP contribution in [-0.4, -0.2) is 31.8 Å². The van der Waals surface area contributed by atoms with Gasteiger partial charge in [-0.2, -0.15) is 0 Å². The molecule has 1 N–H and O–H groups in total.